The number of rotatable bonds is 63. The van der Waals surface area contributed by atoms with Gasteiger partial charge in [0.15, 0.2) is 18.9 Å². The summed E-state index contributed by atoms with van der Waals surface area (Å²) in [7, 11) is 0. The number of nitrogens with one attached hydrogen (secondary N) is 1. The molecule has 12 N–H and O–H groups in total. The van der Waals surface area contributed by atoms with Crippen molar-refractivity contribution in [3.8, 4) is 0 Å². The van der Waals surface area contributed by atoms with Gasteiger partial charge in [-0.1, -0.05) is 292 Å². The number of carbonyl (C=O) groups is 1. The van der Waals surface area contributed by atoms with Crippen LogP contribution in [0.5, 0.6) is 0 Å². The predicted octanol–water partition coefficient (Wildman–Crippen LogP) is 13.4. The first-order valence-electron chi connectivity index (χ1n) is 40.3. The summed E-state index contributed by atoms with van der Waals surface area (Å²) >= 11 is 0. The van der Waals surface area contributed by atoms with Gasteiger partial charge in [0.05, 0.1) is 38.6 Å². The van der Waals surface area contributed by atoms with Crippen molar-refractivity contribution in [2.75, 3.05) is 26.4 Å². The van der Waals surface area contributed by atoms with Gasteiger partial charge in [-0.25, -0.2) is 0 Å². The van der Waals surface area contributed by atoms with E-state index in [-0.39, 0.29) is 18.9 Å². The van der Waals surface area contributed by atoms with E-state index in [0.29, 0.717) is 12.8 Å². The van der Waals surface area contributed by atoms with Crippen LogP contribution in [0.3, 0.4) is 0 Å². The minimum Gasteiger partial charge on any atom is -0.394 e. The number of ether oxygens (including phenoxy) is 6. The molecule has 0 bridgehead atoms. The second-order valence-electron chi connectivity index (χ2n) is 28.5. The van der Waals surface area contributed by atoms with Gasteiger partial charge < -0.3 is 89.9 Å². The molecule has 17 atom stereocenters. The van der Waals surface area contributed by atoms with Crippen LogP contribution in [0.25, 0.3) is 0 Å². The molecule has 17 unspecified atom stereocenters. The van der Waals surface area contributed by atoms with Crippen LogP contribution in [-0.4, -0.2) is 193 Å². The smallest absolute Gasteiger partial charge is 0.220 e. The highest BCUT2D eigenvalue weighted by molar-refractivity contribution is 5.76. The lowest BCUT2D eigenvalue weighted by Gasteiger charge is -2.48. The summed E-state index contributed by atoms with van der Waals surface area (Å²) < 4.78 is 34.4. The molecule has 0 aromatic carbocycles. The summed E-state index contributed by atoms with van der Waals surface area (Å²) in [6.07, 6.45) is 55.8. The Bertz CT molecular complexity index is 2150. The monoisotopic (exact) mass is 1430 g/mol. The quantitative estimate of drug-likeness (QED) is 0.0199. The molecule has 3 aliphatic heterocycles. The Balaban J connectivity index is 1.36. The maximum absolute atomic E-state index is 13.5. The highest BCUT2D eigenvalue weighted by Gasteiger charge is 2.54. The van der Waals surface area contributed by atoms with Crippen molar-refractivity contribution in [3.05, 3.63) is 85.1 Å². The summed E-state index contributed by atoms with van der Waals surface area (Å²) in [6.45, 7) is 1.62. The van der Waals surface area contributed by atoms with Gasteiger partial charge in [-0.3, -0.25) is 4.79 Å². The van der Waals surface area contributed by atoms with Crippen molar-refractivity contribution < 1.29 is 89.4 Å². The van der Waals surface area contributed by atoms with Crippen molar-refractivity contribution in [3.63, 3.8) is 0 Å². The van der Waals surface area contributed by atoms with Crippen LogP contribution >= 0.6 is 0 Å². The third kappa shape index (κ3) is 42.2. The zero-order chi connectivity index (χ0) is 73.2. The first-order valence-corrected chi connectivity index (χ1v) is 40.3. The normalized spacial score (nSPS) is 26.8. The fourth-order valence-corrected chi connectivity index (χ4v) is 13.2. The number of amides is 1. The number of unbranched alkanes of at least 4 members (excludes halogenated alkanes) is 35. The molecule has 3 saturated heterocycles. The van der Waals surface area contributed by atoms with Crippen molar-refractivity contribution in [1.82, 2.24) is 5.32 Å². The molecule has 0 aromatic heterocycles. The number of hydrogen-bond acceptors (Lipinski definition) is 18. The first kappa shape index (κ1) is 92.2. The molecule has 0 aliphatic carbocycles. The van der Waals surface area contributed by atoms with Crippen molar-refractivity contribution in [2.24, 2.45) is 0 Å². The molecule has 3 fully saturated rings. The fraction of sp³-hybridized carbons (Fsp3) is 0.817. The third-order valence-electron chi connectivity index (χ3n) is 19.7. The van der Waals surface area contributed by atoms with Crippen LogP contribution in [0.4, 0.5) is 0 Å². The number of aliphatic hydroxyl groups is 11. The molecule has 101 heavy (non-hydrogen) atoms. The van der Waals surface area contributed by atoms with Gasteiger partial charge in [-0.2, -0.15) is 0 Å². The molecule has 3 rings (SSSR count). The SMILES string of the molecule is CC/C=C\C/C=C\C/C=C\C/C=C\CCCCCCCCCCCCCCCCCCCCCCCCC(=O)NC(COC1OC(CO)C(OC2OC(CO)C(OC3OC(CO)C(O)C(O)C3O)C(O)C2O)C(O)C1O)C(O)/C=C/CC/C=C/CC/C=C/CCCCCCCCCCCCC. The van der Waals surface area contributed by atoms with E-state index in [0.717, 1.165) is 70.6 Å². The molecular weight excluding hydrogens is 1290 g/mol. The Morgan fingerprint density at radius 3 is 1.11 bits per heavy atom. The van der Waals surface area contributed by atoms with E-state index in [1.165, 1.54) is 193 Å². The zero-order valence-corrected chi connectivity index (χ0v) is 62.6. The Morgan fingerprint density at radius 1 is 0.366 bits per heavy atom. The lowest BCUT2D eigenvalue weighted by Crippen LogP contribution is -2.66. The lowest BCUT2D eigenvalue weighted by atomic mass is 9.96. The van der Waals surface area contributed by atoms with E-state index in [4.69, 9.17) is 28.4 Å². The topological polar surface area (TPSA) is 307 Å². The van der Waals surface area contributed by atoms with Crippen molar-refractivity contribution >= 4 is 5.91 Å². The van der Waals surface area contributed by atoms with Gasteiger partial charge in [0, 0.05) is 6.42 Å². The Labute approximate surface area is 610 Å². The molecule has 586 valence electrons. The minimum atomic E-state index is -1.99. The molecular formula is C82H145NO18. The highest BCUT2D eigenvalue weighted by atomic mass is 16.8. The highest BCUT2D eigenvalue weighted by Crippen LogP contribution is 2.33. The molecule has 0 radical (unpaired) electrons. The molecule has 19 heteroatoms. The lowest BCUT2D eigenvalue weighted by molar-refractivity contribution is -0.379. The Morgan fingerprint density at radius 2 is 0.693 bits per heavy atom. The number of carbonyl (C=O) groups excluding carboxylic acids is 1. The van der Waals surface area contributed by atoms with E-state index in [9.17, 15) is 61.0 Å². The molecule has 0 saturated carbocycles. The summed E-state index contributed by atoms with van der Waals surface area (Å²) in [5.74, 6) is -0.287. The first-order chi connectivity index (χ1) is 49.3. The Hall–Kier alpha value is -3.03. The summed E-state index contributed by atoms with van der Waals surface area (Å²) in [4.78, 5) is 13.5. The number of hydrogen-bond donors (Lipinski definition) is 12. The maximum atomic E-state index is 13.5. The van der Waals surface area contributed by atoms with Crippen LogP contribution in [0, 0.1) is 0 Å². The van der Waals surface area contributed by atoms with Crippen LogP contribution in [0.15, 0.2) is 85.1 Å². The average Bonchev–Trinajstić information content (AvgIpc) is 0.782. The fourth-order valence-electron chi connectivity index (χ4n) is 13.2. The average molecular weight is 1430 g/mol. The zero-order valence-electron chi connectivity index (χ0n) is 62.6. The van der Waals surface area contributed by atoms with E-state index >= 15 is 0 Å². The third-order valence-corrected chi connectivity index (χ3v) is 19.7. The minimum absolute atomic E-state index is 0.232. The van der Waals surface area contributed by atoms with E-state index < -0.39 is 124 Å². The molecule has 1 amide bonds. The number of aliphatic hydroxyl groups excluding tert-OH is 11. The summed E-state index contributed by atoms with van der Waals surface area (Å²) in [6, 6.07) is -1.000. The molecule has 0 spiro atoms. The molecule has 19 nitrogen and oxygen atoms in total. The largest absolute Gasteiger partial charge is 0.394 e. The van der Waals surface area contributed by atoms with Gasteiger partial charge >= 0.3 is 0 Å². The summed E-state index contributed by atoms with van der Waals surface area (Å²) in [5, 5.41) is 121. The maximum Gasteiger partial charge on any atom is 0.220 e. The molecule has 3 aliphatic rings. The second kappa shape index (κ2) is 62.1. The van der Waals surface area contributed by atoms with Crippen LogP contribution < -0.4 is 5.32 Å². The van der Waals surface area contributed by atoms with Crippen molar-refractivity contribution in [1.29, 1.82) is 0 Å². The second-order valence-corrected chi connectivity index (χ2v) is 28.5. The Kier molecular flexibility index (Phi) is 56.6. The van der Waals surface area contributed by atoms with Crippen LogP contribution in [-0.2, 0) is 33.2 Å². The van der Waals surface area contributed by atoms with E-state index in [2.05, 4.69) is 92.1 Å². The van der Waals surface area contributed by atoms with Gasteiger partial charge in [0.1, 0.15) is 73.2 Å². The molecule has 0 aromatic rings. The summed E-state index contributed by atoms with van der Waals surface area (Å²) in [5.41, 5.74) is 0. The van der Waals surface area contributed by atoms with Crippen LogP contribution in [0.2, 0.25) is 0 Å². The van der Waals surface area contributed by atoms with E-state index in [1.807, 2.05) is 6.08 Å². The van der Waals surface area contributed by atoms with Crippen LogP contribution in [0.1, 0.15) is 296 Å². The van der Waals surface area contributed by atoms with Gasteiger partial charge in [-0.05, 0) is 83.5 Å². The molecule has 3 heterocycles. The van der Waals surface area contributed by atoms with E-state index in [1.54, 1.807) is 6.08 Å². The van der Waals surface area contributed by atoms with Gasteiger partial charge in [0.25, 0.3) is 0 Å². The van der Waals surface area contributed by atoms with Gasteiger partial charge in [0.2, 0.25) is 5.91 Å². The predicted molar refractivity (Wildman–Crippen MR) is 401 cm³/mol. The standard InChI is InChI=1S/C82H145NO18/c1-3-5-7-9-11-13-15-17-19-21-23-25-26-27-28-29-30-31-32-33-34-35-36-37-38-40-42-44-46-48-50-52-54-56-58-60-70(88)83-65(66(87)59-57-55-53-51-49-47-45-43-41-39-24-22-20-18-16-14-12-10-8-6-4-2)64-96-80-76(94)73(91)78(68(62-85)98-80)101-82-77(95)74(92)79(69(63-86)99-82)100-81-75(93)72(90)71(89)67(61-84)97-81/h5,7,11,13,17,19,23,25,41,43,49,51,57,59,65-69,71-82,84-87,89-95H,3-4,6,8-10,12,14-16,18,20-22,24,26-40,42,44-48,50,52-56,58,60-64H2,1-2H3,(H,83,88)/b7-5-,13-11-,19-17-,25-23-,43-41+,51-49+,59-57+. The van der Waals surface area contributed by atoms with Crippen molar-refractivity contribution in [2.45, 2.75) is 401 Å². The van der Waals surface area contributed by atoms with Gasteiger partial charge in [-0.15, -0.1) is 0 Å². The number of allylic oxidation sites excluding steroid dienone is 13.